The Hall–Kier alpha value is -2.41. The Balaban J connectivity index is 0.00000119. The van der Waals surface area contributed by atoms with E-state index in [4.69, 9.17) is 52.1 Å². The summed E-state index contributed by atoms with van der Waals surface area (Å²) in [6, 6.07) is 14.6. The minimum atomic E-state index is -4.94. The molecule has 43 heavy (non-hydrogen) atoms. The number of rotatable bonds is 8. The molecule has 0 aliphatic heterocycles. The van der Waals surface area contributed by atoms with E-state index in [1.165, 1.54) is 0 Å². The van der Waals surface area contributed by atoms with Crippen molar-refractivity contribution >= 4 is 54.8 Å². The number of carbonyl (C=O) groups excluding carboxylic acids is 1. The lowest BCUT2D eigenvalue weighted by molar-refractivity contribution is -2.00. The minimum absolute atomic E-state index is 0.0380. The zero-order valence-electron chi connectivity index (χ0n) is 23.2. The van der Waals surface area contributed by atoms with Crippen LogP contribution in [0.15, 0.2) is 58.3 Å². The summed E-state index contributed by atoms with van der Waals surface area (Å²) in [5.41, 5.74) is 3.35. The number of hydrogen-bond donors (Lipinski definition) is 3. The maximum atomic E-state index is 13.3. The molecule has 0 aliphatic carbocycles. The zero-order chi connectivity index (χ0) is 33.1. The number of hydrogen-bond acceptors (Lipinski definition) is 9. The van der Waals surface area contributed by atoms with Gasteiger partial charge in [0, 0.05) is 24.0 Å². The molecule has 1 amide bonds. The van der Waals surface area contributed by atoms with Gasteiger partial charge in [-0.1, -0.05) is 81.2 Å². The summed E-state index contributed by atoms with van der Waals surface area (Å²) in [6.07, 6.45) is 0. The predicted molar refractivity (Wildman–Crippen MR) is 148 cm³/mol. The van der Waals surface area contributed by atoms with E-state index in [0.29, 0.717) is 6.07 Å². The van der Waals surface area contributed by atoms with Gasteiger partial charge >= 0.3 is 0 Å². The fraction of sp³-hybridized carbons (Fsp3) is 0.280. The molecule has 0 saturated heterocycles. The largest absolute Gasteiger partial charge is 0.318 e. The highest BCUT2D eigenvalue weighted by molar-refractivity contribution is 7.90. The Bertz CT molecular complexity index is 1680. The van der Waals surface area contributed by atoms with Crippen LogP contribution in [0.2, 0.25) is 10.0 Å². The third-order valence-corrected chi connectivity index (χ3v) is 8.69. The van der Waals surface area contributed by atoms with E-state index in [2.05, 4.69) is 5.32 Å². The average molecular weight is 700 g/mol. The zero-order valence-corrected chi connectivity index (χ0v) is 27.1. The van der Waals surface area contributed by atoms with Gasteiger partial charge in [0.2, 0.25) is 26.6 Å². The van der Waals surface area contributed by atoms with Crippen LogP contribution in [0.25, 0.3) is 11.1 Å². The van der Waals surface area contributed by atoms with Crippen molar-refractivity contribution in [1.82, 2.24) is 0 Å². The average Bonchev–Trinajstić information content (AvgIpc) is 2.84. The molecule has 18 heteroatoms. The molecule has 0 spiro atoms. The van der Waals surface area contributed by atoms with E-state index in [1.807, 2.05) is 74.7 Å². The third-order valence-electron chi connectivity index (χ3n) is 5.84. The minimum Gasteiger partial charge on any atom is -0.318 e. The molecule has 236 valence electrons. The summed E-state index contributed by atoms with van der Waals surface area (Å²) in [6.45, 7) is 7.83. The van der Waals surface area contributed by atoms with Crippen LogP contribution in [0, 0.1) is 10.2 Å². The molecule has 0 unspecified atom stereocenters. The van der Waals surface area contributed by atoms with Crippen molar-refractivity contribution < 1.29 is 55.1 Å². The summed E-state index contributed by atoms with van der Waals surface area (Å²) in [4.78, 5) is 11.8. The maximum Gasteiger partial charge on any atom is 0.290 e. The normalized spacial score (nSPS) is 12.2. The Kier molecular flexibility index (Phi) is 12.1. The first-order valence-corrected chi connectivity index (χ1v) is 17.2. The molecule has 3 aromatic rings. The summed E-state index contributed by atoms with van der Waals surface area (Å²) >= 11 is 12.3. The van der Waals surface area contributed by atoms with E-state index in [1.54, 1.807) is 0 Å². The number of nitrogens with two attached hydrogens (primary N) is 2. The molecule has 0 fully saturated rings. The van der Waals surface area contributed by atoms with E-state index in [0.717, 1.165) is 22.5 Å². The van der Waals surface area contributed by atoms with Crippen molar-refractivity contribution in [2.24, 2.45) is 10.3 Å². The highest BCUT2D eigenvalue weighted by Gasteiger charge is 2.30. The number of nitrogens with one attached hydrogen (secondary N) is 1. The molecule has 5 N–H and O–H groups in total. The summed E-state index contributed by atoms with van der Waals surface area (Å²) in [7, 11) is -13.9. The lowest BCUT2D eigenvalue weighted by Crippen LogP contribution is -2.68. The number of aromatic nitrogens is 1. The number of carbonyl (C=O) groups is 1. The second-order valence-corrected chi connectivity index (χ2v) is 14.3. The summed E-state index contributed by atoms with van der Waals surface area (Å²) < 4.78 is 84.2. The van der Waals surface area contributed by atoms with E-state index in [-0.39, 0.29) is 18.4 Å². The monoisotopic (exact) mass is 698 g/mol. The molecule has 13 nitrogen and oxygen atoms in total. The molecular formula is C25H29Cl3N4O9S2. The van der Waals surface area contributed by atoms with Crippen molar-refractivity contribution in [2.75, 3.05) is 5.32 Å². The predicted octanol–water partition coefficient (Wildman–Crippen LogP) is -0.628. The van der Waals surface area contributed by atoms with Gasteiger partial charge in [0.15, 0.2) is 11.4 Å². The van der Waals surface area contributed by atoms with Gasteiger partial charge in [-0.15, -0.1) is 10.2 Å². The smallest absolute Gasteiger partial charge is 0.290 e. The topological polar surface area (TPSA) is 246 Å². The van der Waals surface area contributed by atoms with Gasteiger partial charge in [0.1, 0.15) is 9.79 Å². The van der Waals surface area contributed by atoms with Crippen LogP contribution in [0.1, 0.15) is 50.9 Å². The maximum absolute atomic E-state index is 13.3. The third kappa shape index (κ3) is 10.3. The molecule has 0 saturated carbocycles. The highest BCUT2D eigenvalue weighted by atomic mass is 35.7. The molecule has 0 aliphatic rings. The van der Waals surface area contributed by atoms with E-state index in [9.17, 15) is 21.6 Å². The number of anilines is 1. The first kappa shape index (κ1) is 36.8. The van der Waals surface area contributed by atoms with E-state index >= 15 is 0 Å². The van der Waals surface area contributed by atoms with Crippen molar-refractivity contribution in [3.05, 3.63) is 70.0 Å². The van der Waals surface area contributed by atoms with Crippen molar-refractivity contribution in [2.45, 2.75) is 55.9 Å². The van der Waals surface area contributed by atoms with Gasteiger partial charge in [-0.2, -0.15) is 4.57 Å². The van der Waals surface area contributed by atoms with Crippen LogP contribution in [-0.4, -0.2) is 22.7 Å². The SMILES string of the molecule is CC(C)c1cc(-c2ccccc2)cc(C(C)C)[n+]1CC(=O)Nc1c(S(N)(=O)=O)cc(S(N)(=O)=O)c(Cl)c1Cl.[O-][Cl+3]([O-])([O-])[O-]. The Morgan fingerprint density at radius 2 is 1.26 bits per heavy atom. The quantitative estimate of drug-likeness (QED) is 0.253. The van der Waals surface area contributed by atoms with E-state index < -0.39 is 61.7 Å². The Morgan fingerprint density at radius 1 is 0.814 bits per heavy atom. The number of primary sulfonamides is 2. The van der Waals surface area contributed by atoms with Crippen molar-refractivity contribution in [3.63, 3.8) is 0 Å². The van der Waals surface area contributed by atoms with Crippen LogP contribution in [-0.2, 0) is 31.4 Å². The van der Waals surface area contributed by atoms with Gasteiger partial charge in [-0.25, -0.2) is 45.7 Å². The summed E-state index contributed by atoms with van der Waals surface area (Å²) in [5, 5.41) is 11.8. The molecule has 1 heterocycles. The standard InChI is InChI=1S/C25H28Cl2N4O5S2.ClHO4/c1-14(2)18-10-17(16-8-6-5-7-9-16)11-19(15(3)4)31(18)13-22(32)30-25-21(38(29,35)36)12-20(37(28,33)34)23(26)24(25)27;2-1(3,4)5/h5-12,14-15H,13H2,1-4H3,(H4-,28,29,30,32,33,34,35,36);(H,2,3,4,5). The molecule has 1 aromatic heterocycles. The highest BCUT2D eigenvalue weighted by Crippen LogP contribution is 2.39. The van der Waals surface area contributed by atoms with Gasteiger partial charge in [0.25, 0.3) is 5.91 Å². The number of benzene rings is 2. The first-order chi connectivity index (χ1) is 19.5. The van der Waals surface area contributed by atoms with Crippen LogP contribution >= 0.6 is 23.2 Å². The Morgan fingerprint density at radius 3 is 1.65 bits per heavy atom. The molecule has 0 bridgehead atoms. The van der Waals surface area contributed by atoms with Crippen molar-refractivity contribution in [1.29, 1.82) is 0 Å². The molecule has 0 radical (unpaired) electrons. The van der Waals surface area contributed by atoms with Crippen molar-refractivity contribution in [3.8, 4) is 11.1 Å². The van der Waals surface area contributed by atoms with Crippen LogP contribution in [0.3, 0.4) is 0 Å². The lowest BCUT2D eigenvalue weighted by Gasteiger charge is -2.17. The fourth-order valence-corrected chi connectivity index (χ4v) is 6.32. The second kappa shape index (κ2) is 14.1. The van der Waals surface area contributed by atoms with Crippen LogP contribution in [0.5, 0.6) is 0 Å². The fourth-order valence-electron chi connectivity index (χ4n) is 4.05. The number of amides is 1. The number of pyridine rings is 1. The molecule has 3 rings (SSSR count). The van der Waals surface area contributed by atoms with Gasteiger partial charge in [0.05, 0.1) is 15.7 Å². The molecular weight excluding hydrogens is 671 g/mol. The van der Waals surface area contributed by atoms with Crippen LogP contribution < -0.4 is 38.8 Å². The Labute approximate surface area is 261 Å². The van der Waals surface area contributed by atoms with Gasteiger partial charge < -0.3 is 5.32 Å². The molecule has 2 aromatic carbocycles. The lowest BCUT2D eigenvalue weighted by atomic mass is 9.97. The molecule has 0 atom stereocenters. The summed E-state index contributed by atoms with van der Waals surface area (Å²) in [5.74, 6) is -0.551. The number of sulfonamides is 2. The van der Waals surface area contributed by atoms with Gasteiger partial charge in [-0.3, -0.25) is 4.79 Å². The number of nitrogens with zero attached hydrogens (tertiary/aromatic N) is 1. The number of halogens is 3. The van der Waals surface area contributed by atoms with Gasteiger partial charge in [-0.05, 0) is 17.2 Å². The van der Waals surface area contributed by atoms with Crippen LogP contribution in [0.4, 0.5) is 5.69 Å². The second-order valence-electron chi connectivity index (χ2n) is 9.75. The first-order valence-electron chi connectivity index (χ1n) is 12.1.